The van der Waals surface area contributed by atoms with Gasteiger partial charge in [-0.25, -0.2) is 0 Å². The molecule has 0 radical (unpaired) electrons. The zero-order valence-corrected chi connectivity index (χ0v) is 30.6. The Bertz CT molecular complexity index is 1580. The van der Waals surface area contributed by atoms with Crippen LogP contribution in [0.2, 0.25) is 0 Å². The van der Waals surface area contributed by atoms with Gasteiger partial charge in [0.25, 0.3) is 0 Å². The smallest absolute Gasteiger partial charge is 0.232 e. The minimum absolute atomic E-state index is 0.309. The molecule has 3 nitrogen and oxygen atoms in total. The normalized spacial score (nSPS) is 13.8. The third-order valence-electron chi connectivity index (χ3n) is 8.85. The molecule has 2 atom stereocenters. The molecule has 48 heavy (non-hydrogen) atoms. The van der Waals surface area contributed by atoms with Crippen LogP contribution in [0.1, 0.15) is 107 Å². The molecule has 4 rings (SSSR count). The minimum atomic E-state index is -0.337. The van der Waals surface area contributed by atoms with E-state index < -0.39 is 0 Å². The third kappa shape index (κ3) is 13.4. The Morgan fingerprint density at radius 1 is 0.896 bits per heavy atom. The molecule has 0 saturated heterocycles. The van der Waals surface area contributed by atoms with Gasteiger partial charge in [-0.05, 0) is 112 Å². The average molecular weight is 643 g/mol. The van der Waals surface area contributed by atoms with E-state index in [4.69, 9.17) is 11.0 Å². The molecule has 0 aliphatic heterocycles. The fourth-order valence-electron chi connectivity index (χ4n) is 6.06. The second-order valence-corrected chi connectivity index (χ2v) is 13.1. The molecule has 0 bridgehead atoms. The van der Waals surface area contributed by atoms with Crippen LogP contribution in [0.25, 0.3) is 0 Å². The Hall–Kier alpha value is -4.42. The highest BCUT2D eigenvalue weighted by atomic mass is 16.1. The first kappa shape index (κ1) is 39.8. The summed E-state index contributed by atoms with van der Waals surface area (Å²) in [6, 6.07) is 26.9. The highest BCUT2D eigenvalue weighted by Gasteiger charge is 2.17. The number of Topliss-reactive ketones (excluding diaryl/α,β-unsaturated/α-hetero) is 1. The van der Waals surface area contributed by atoms with E-state index in [0.29, 0.717) is 24.7 Å². The maximum absolute atomic E-state index is 11.3. The van der Waals surface area contributed by atoms with Crippen LogP contribution in [0.15, 0.2) is 120 Å². The molecular weight excluding hydrogens is 585 g/mol. The molecular formula is C45H58N2O. The number of ketones is 1. The number of benzene rings is 3. The molecule has 3 aromatic rings. The minimum Gasteiger partial charge on any atom is -0.402 e. The highest BCUT2D eigenvalue weighted by molar-refractivity contribution is 5.93. The summed E-state index contributed by atoms with van der Waals surface area (Å²) in [6.45, 7) is 19.1. The molecule has 0 aromatic heterocycles. The second-order valence-electron chi connectivity index (χ2n) is 13.1. The number of allylic oxidation sites excluding steroid dienone is 7. The van der Waals surface area contributed by atoms with E-state index in [2.05, 4.69) is 128 Å². The van der Waals surface area contributed by atoms with Crippen molar-refractivity contribution < 1.29 is 4.79 Å². The molecule has 0 spiro atoms. The number of nitrogens with zero attached hydrogens (tertiary/aromatic N) is 1. The van der Waals surface area contributed by atoms with E-state index in [-0.39, 0.29) is 5.78 Å². The van der Waals surface area contributed by atoms with E-state index >= 15 is 0 Å². The molecule has 0 amide bonds. The summed E-state index contributed by atoms with van der Waals surface area (Å²) >= 11 is 0. The lowest BCUT2D eigenvalue weighted by atomic mass is 9.82. The first-order chi connectivity index (χ1) is 23.0. The number of hydrogen-bond donors (Lipinski definition) is 1. The van der Waals surface area contributed by atoms with Crippen LogP contribution in [0, 0.1) is 24.2 Å². The first-order valence-electron chi connectivity index (χ1n) is 17.6. The highest BCUT2D eigenvalue weighted by Crippen LogP contribution is 2.34. The van der Waals surface area contributed by atoms with Crippen molar-refractivity contribution in [1.29, 1.82) is 5.26 Å². The van der Waals surface area contributed by atoms with Gasteiger partial charge in [0, 0.05) is 18.0 Å². The van der Waals surface area contributed by atoms with Crippen molar-refractivity contribution in [1.82, 2.24) is 0 Å². The zero-order chi connectivity index (χ0) is 35.5. The molecule has 1 aliphatic carbocycles. The quantitative estimate of drug-likeness (QED) is 0.158. The Labute approximate surface area is 292 Å². The van der Waals surface area contributed by atoms with Gasteiger partial charge in [0.2, 0.25) is 5.78 Å². The van der Waals surface area contributed by atoms with Gasteiger partial charge in [-0.15, -0.1) is 0 Å². The summed E-state index contributed by atoms with van der Waals surface area (Å²) in [4.78, 5) is 11.3. The van der Waals surface area contributed by atoms with Gasteiger partial charge in [0.1, 0.15) is 6.07 Å². The summed E-state index contributed by atoms with van der Waals surface area (Å²) in [6.07, 6.45) is 14.0. The number of nitrogens with two attached hydrogens (primary N) is 1. The van der Waals surface area contributed by atoms with Crippen LogP contribution in [0.3, 0.4) is 0 Å². The zero-order valence-electron chi connectivity index (χ0n) is 30.6. The van der Waals surface area contributed by atoms with Crippen LogP contribution >= 0.6 is 0 Å². The maximum Gasteiger partial charge on any atom is 0.232 e. The maximum atomic E-state index is 11.3. The van der Waals surface area contributed by atoms with Crippen LogP contribution in [-0.4, -0.2) is 5.78 Å². The van der Waals surface area contributed by atoms with Crippen LogP contribution in [0.5, 0.6) is 0 Å². The van der Waals surface area contributed by atoms with Crippen molar-refractivity contribution in [2.75, 3.05) is 0 Å². The molecule has 0 fully saturated rings. The van der Waals surface area contributed by atoms with Crippen LogP contribution < -0.4 is 5.73 Å². The van der Waals surface area contributed by atoms with Crippen molar-refractivity contribution in [2.45, 2.75) is 106 Å². The topological polar surface area (TPSA) is 66.9 Å². The molecule has 1 aliphatic rings. The lowest BCUT2D eigenvalue weighted by molar-refractivity contribution is -0.113. The average Bonchev–Trinajstić information content (AvgIpc) is 3.09. The molecule has 3 aromatic carbocycles. The van der Waals surface area contributed by atoms with Gasteiger partial charge in [-0.3, -0.25) is 4.79 Å². The number of rotatable bonds is 12. The molecule has 3 heteroatoms. The number of carbonyl (C=O) groups is 1. The molecule has 0 heterocycles. The summed E-state index contributed by atoms with van der Waals surface area (Å²) < 4.78 is 0. The Morgan fingerprint density at radius 2 is 1.46 bits per heavy atom. The first-order valence-corrected chi connectivity index (χ1v) is 17.6. The monoisotopic (exact) mass is 642 g/mol. The number of nitriles is 1. The lowest BCUT2D eigenvalue weighted by Crippen LogP contribution is -2.06. The van der Waals surface area contributed by atoms with Gasteiger partial charge in [-0.1, -0.05) is 135 Å². The molecule has 2 N–H and O–H groups in total. The third-order valence-corrected chi connectivity index (χ3v) is 8.85. The van der Waals surface area contributed by atoms with Crippen molar-refractivity contribution in [3.63, 3.8) is 0 Å². The van der Waals surface area contributed by atoms with Gasteiger partial charge in [0.05, 0.1) is 0 Å². The fraction of sp³-hybridized carbons (Fsp3) is 0.378. The fourth-order valence-corrected chi connectivity index (χ4v) is 6.06. The standard InChI is InChI=1S/C21H30N2O.C17H20.C7H8/c1-5-19-16(8-7-9-21(23)15(3)4)10-11-17(20(19)6-2)12-13-18(24)14-22;1-13(2)17(15-7-5-4-6-8-15)16-11-9-14(3)10-12-16;1-7-5-3-2-4-6-7/h10-11H,5-9,12-13,23H2,1-4H3;4-9,11-12,14,17H,1,10H2,2-3H3;2-6H,1H3. The van der Waals surface area contributed by atoms with Gasteiger partial charge < -0.3 is 5.73 Å². The van der Waals surface area contributed by atoms with Crippen molar-refractivity contribution >= 4 is 5.78 Å². The Morgan fingerprint density at radius 3 is 1.90 bits per heavy atom. The summed E-state index contributed by atoms with van der Waals surface area (Å²) in [5, 5.41) is 8.65. The van der Waals surface area contributed by atoms with Gasteiger partial charge >= 0.3 is 0 Å². The SMILES string of the molecule is C=C(C)C(C1=CCC(C)C=C1)c1ccccc1.CCc1c(CCCC(N)=C(C)C)ccc(CCC(=O)C#N)c1CC.Cc1ccccc1. The number of carbonyl (C=O) groups excluding carboxylic acids is 1. The molecule has 0 saturated carbocycles. The van der Waals surface area contributed by atoms with Crippen molar-refractivity contribution in [3.05, 3.63) is 153 Å². The molecule has 2 unspecified atom stereocenters. The van der Waals surface area contributed by atoms with Gasteiger partial charge in [0.15, 0.2) is 0 Å². The van der Waals surface area contributed by atoms with Crippen LogP contribution in [-0.2, 0) is 30.5 Å². The van der Waals surface area contributed by atoms with E-state index in [0.717, 1.165) is 44.2 Å². The Kier molecular flexibility index (Phi) is 17.8. The predicted octanol–water partition coefficient (Wildman–Crippen LogP) is 11.3. The predicted molar refractivity (Wildman–Crippen MR) is 206 cm³/mol. The largest absolute Gasteiger partial charge is 0.402 e. The van der Waals surface area contributed by atoms with Crippen molar-refractivity contribution in [3.8, 4) is 6.07 Å². The van der Waals surface area contributed by atoms with E-state index in [1.54, 1.807) is 6.07 Å². The van der Waals surface area contributed by atoms with E-state index in [1.807, 2.05) is 18.2 Å². The summed E-state index contributed by atoms with van der Waals surface area (Å²) in [5.74, 6) is 0.677. The van der Waals surface area contributed by atoms with Gasteiger partial charge in [-0.2, -0.15) is 5.26 Å². The number of aryl methyl sites for hydroxylation is 3. The van der Waals surface area contributed by atoms with Crippen molar-refractivity contribution in [2.24, 2.45) is 11.7 Å². The summed E-state index contributed by atoms with van der Waals surface area (Å²) in [5.41, 5.74) is 18.9. The van der Waals surface area contributed by atoms with Crippen LogP contribution in [0.4, 0.5) is 0 Å². The summed E-state index contributed by atoms with van der Waals surface area (Å²) in [7, 11) is 0. The number of hydrogen-bond acceptors (Lipinski definition) is 3. The van der Waals surface area contributed by atoms with E-state index in [9.17, 15) is 4.79 Å². The molecule has 254 valence electrons. The second kappa shape index (κ2) is 21.5. The van der Waals surface area contributed by atoms with E-state index in [1.165, 1.54) is 50.1 Å². The lowest BCUT2D eigenvalue weighted by Gasteiger charge is -2.22. The Balaban J connectivity index is 0.000000286.